The minimum atomic E-state index is -0.950. The van der Waals surface area contributed by atoms with Gasteiger partial charge in [0.1, 0.15) is 5.82 Å². The number of hydrogen-bond donors (Lipinski definition) is 1. The van der Waals surface area contributed by atoms with Crippen LogP contribution in [0.2, 0.25) is 0 Å². The zero-order valence-electron chi connectivity index (χ0n) is 8.99. The predicted molar refractivity (Wildman–Crippen MR) is 55.0 cm³/mol. The van der Waals surface area contributed by atoms with Crippen molar-refractivity contribution in [3.05, 3.63) is 35.6 Å². The molecule has 0 aliphatic carbocycles. The zero-order valence-corrected chi connectivity index (χ0v) is 8.99. The maximum Gasteiger partial charge on any atom is 0.396 e. The molecule has 0 aliphatic rings. The van der Waals surface area contributed by atoms with Crippen molar-refractivity contribution in [2.45, 2.75) is 13.0 Å². The summed E-state index contributed by atoms with van der Waals surface area (Å²) in [5.74, 6) is -2.12. The summed E-state index contributed by atoms with van der Waals surface area (Å²) in [6.07, 6.45) is 0. The van der Waals surface area contributed by atoms with Gasteiger partial charge in [-0.1, -0.05) is 12.1 Å². The topological polar surface area (TPSA) is 55.4 Å². The molecule has 1 aromatic rings. The lowest BCUT2D eigenvalue weighted by Crippen LogP contribution is -2.33. The molecular formula is C11H12FNO3. The Kier molecular flexibility index (Phi) is 3.99. The molecule has 1 aromatic carbocycles. The third-order valence-corrected chi connectivity index (χ3v) is 2.09. The molecule has 5 heteroatoms. The first-order chi connectivity index (χ1) is 7.54. The maximum absolute atomic E-state index is 12.6. The standard InChI is InChI=1S/C11H12FNO3/c1-7(13-10(14)11(15)16-2)8-3-5-9(12)6-4-8/h3-7H,1-2H3,(H,13,14). The van der Waals surface area contributed by atoms with E-state index >= 15 is 0 Å². The molecule has 0 radical (unpaired) electrons. The smallest absolute Gasteiger partial charge is 0.396 e. The Hall–Kier alpha value is -1.91. The van der Waals surface area contributed by atoms with Crippen molar-refractivity contribution in [2.75, 3.05) is 7.11 Å². The van der Waals surface area contributed by atoms with E-state index in [1.165, 1.54) is 24.3 Å². The summed E-state index contributed by atoms with van der Waals surface area (Å²) in [5, 5.41) is 2.43. The third-order valence-electron chi connectivity index (χ3n) is 2.09. The number of halogens is 1. The molecular weight excluding hydrogens is 213 g/mol. The Bertz CT molecular complexity index is 389. The Balaban J connectivity index is 2.65. The number of esters is 1. The monoisotopic (exact) mass is 225 g/mol. The molecule has 0 spiro atoms. The second-order valence-electron chi connectivity index (χ2n) is 3.24. The van der Waals surface area contributed by atoms with Crippen LogP contribution in [0.4, 0.5) is 4.39 Å². The van der Waals surface area contributed by atoms with Gasteiger partial charge in [-0.3, -0.25) is 4.79 Å². The summed E-state index contributed by atoms with van der Waals surface area (Å²) in [6.45, 7) is 1.69. The van der Waals surface area contributed by atoms with Crippen LogP contribution in [-0.4, -0.2) is 19.0 Å². The molecule has 86 valence electrons. The van der Waals surface area contributed by atoms with Crippen molar-refractivity contribution in [3.63, 3.8) is 0 Å². The molecule has 0 fully saturated rings. The molecule has 0 heterocycles. The number of carbonyl (C=O) groups excluding carboxylic acids is 2. The second kappa shape index (κ2) is 5.25. The number of carbonyl (C=O) groups is 2. The lowest BCUT2D eigenvalue weighted by atomic mass is 10.1. The van der Waals surface area contributed by atoms with Crippen molar-refractivity contribution in [3.8, 4) is 0 Å². The third kappa shape index (κ3) is 3.05. The van der Waals surface area contributed by atoms with Crippen LogP contribution >= 0.6 is 0 Å². The van der Waals surface area contributed by atoms with Gasteiger partial charge in [0.2, 0.25) is 0 Å². The first-order valence-corrected chi connectivity index (χ1v) is 4.69. The molecule has 0 bridgehead atoms. The highest BCUT2D eigenvalue weighted by molar-refractivity contribution is 6.32. The summed E-state index contributed by atoms with van der Waals surface area (Å²) < 4.78 is 16.9. The quantitative estimate of drug-likeness (QED) is 0.607. The minimum absolute atomic E-state index is 0.352. The van der Waals surface area contributed by atoms with Crippen LogP contribution in [-0.2, 0) is 14.3 Å². The summed E-state index contributed by atoms with van der Waals surface area (Å²) in [5.41, 5.74) is 0.707. The summed E-state index contributed by atoms with van der Waals surface area (Å²) in [7, 11) is 1.13. The van der Waals surface area contributed by atoms with Crippen molar-refractivity contribution in [1.82, 2.24) is 5.32 Å². The number of ether oxygens (including phenoxy) is 1. The molecule has 4 nitrogen and oxygen atoms in total. The van der Waals surface area contributed by atoms with Gasteiger partial charge in [0.25, 0.3) is 0 Å². The highest BCUT2D eigenvalue weighted by atomic mass is 19.1. The predicted octanol–water partition coefficient (Wildman–Crippen LogP) is 1.18. The molecule has 1 N–H and O–H groups in total. The second-order valence-corrected chi connectivity index (χ2v) is 3.24. The van der Waals surface area contributed by atoms with Crippen molar-refractivity contribution < 1.29 is 18.7 Å². The van der Waals surface area contributed by atoms with E-state index in [0.29, 0.717) is 5.56 Å². The molecule has 1 rings (SSSR count). The summed E-state index contributed by atoms with van der Waals surface area (Å²) >= 11 is 0. The van der Waals surface area contributed by atoms with Crippen LogP contribution in [0.1, 0.15) is 18.5 Å². The van der Waals surface area contributed by atoms with Gasteiger partial charge in [0.05, 0.1) is 13.2 Å². The fourth-order valence-electron chi connectivity index (χ4n) is 1.18. The zero-order chi connectivity index (χ0) is 12.1. The number of amides is 1. The van der Waals surface area contributed by atoms with Crippen molar-refractivity contribution >= 4 is 11.9 Å². The van der Waals surface area contributed by atoms with E-state index in [9.17, 15) is 14.0 Å². The van der Waals surface area contributed by atoms with Crippen molar-refractivity contribution in [1.29, 1.82) is 0 Å². The average molecular weight is 225 g/mol. The summed E-state index contributed by atoms with van der Waals surface area (Å²) in [4.78, 5) is 22.0. The number of nitrogens with one attached hydrogen (secondary N) is 1. The van der Waals surface area contributed by atoms with E-state index in [4.69, 9.17) is 0 Å². The number of hydrogen-bond acceptors (Lipinski definition) is 3. The fraction of sp³-hybridized carbons (Fsp3) is 0.273. The Morgan fingerprint density at radius 3 is 2.38 bits per heavy atom. The van der Waals surface area contributed by atoms with Gasteiger partial charge in [-0.25, -0.2) is 9.18 Å². The highest BCUT2D eigenvalue weighted by Gasteiger charge is 2.16. The minimum Gasteiger partial charge on any atom is -0.462 e. The molecule has 1 unspecified atom stereocenters. The van der Waals surface area contributed by atoms with Crippen LogP contribution in [0.25, 0.3) is 0 Å². The van der Waals surface area contributed by atoms with E-state index in [0.717, 1.165) is 7.11 Å². The molecule has 1 amide bonds. The molecule has 1 atom stereocenters. The van der Waals surface area contributed by atoms with Gasteiger partial charge in [0.15, 0.2) is 0 Å². The van der Waals surface area contributed by atoms with E-state index in [1.807, 2.05) is 0 Å². The van der Waals surface area contributed by atoms with Crippen LogP contribution < -0.4 is 5.32 Å². The highest BCUT2D eigenvalue weighted by Crippen LogP contribution is 2.12. The maximum atomic E-state index is 12.6. The molecule has 0 saturated heterocycles. The van der Waals surface area contributed by atoms with Crippen LogP contribution in [0.15, 0.2) is 24.3 Å². The molecule has 0 saturated carbocycles. The Labute approximate surface area is 92.4 Å². The van der Waals surface area contributed by atoms with E-state index in [1.54, 1.807) is 6.92 Å². The van der Waals surface area contributed by atoms with Gasteiger partial charge < -0.3 is 10.1 Å². The van der Waals surface area contributed by atoms with E-state index < -0.39 is 11.9 Å². The van der Waals surface area contributed by atoms with Crippen LogP contribution in [0.3, 0.4) is 0 Å². The van der Waals surface area contributed by atoms with Gasteiger partial charge >= 0.3 is 11.9 Å². The normalized spacial score (nSPS) is 11.7. The van der Waals surface area contributed by atoms with Gasteiger partial charge in [-0.05, 0) is 24.6 Å². The van der Waals surface area contributed by atoms with Crippen LogP contribution in [0.5, 0.6) is 0 Å². The summed E-state index contributed by atoms with van der Waals surface area (Å²) in [6, 6.07) is 5.27. The number of benzene rings is 1. The molecule has 0 aliphatic heterocycles. The van der Waals surface area contributed by atoms with Crippen molar-refractivity contribution in [2.24, 2.45) is 0 Å². The molecule has 16 heavy (non-hydrogen) atoms. The lowest BCUT2D eigenvalue weighted by Gasteiger charge is -2.12. The first kappa shape index (κ1) is 12.2. The van der Waals surface area contributed by atoms with E-state index in [2.05, 4.69) is 10.1 Å². The Morgan fingerprint density at radius 1 is 1.31 bits per heavy atom. The first-order valence-electron chi connectivity index (χ1n) is 4.69. The largest absolute Gasteiger partial charge is 0.462 e. The number of methoxy groups -OCH3 is 1. The van der Waals surface area contributed by atoms with Crippen LogP contribution in [0, 0.1) is 5.82 Å². The van der Waals surface area contributed by atoms with E-state index in [-0.39, 0.29) is 11.9 Å². The van der Waals surface area contributed by atoms with Gasteiger partial charge in [-0.15, -0.1) is 0 Å². The SMILES string of the molecule is COC(=O)C(=O)NC(C)c1ccc(F)cc1. The average Bonchev–Trinajstić information content (AvgIpc) is 2.28. The number of rotatable bonds is 2. The molecule has 0 aromatic heterocycles. The van der Waals surface area contributed by atoms with Gasteiger partial charge in [-0.2, -0.15) is 0 Å². The Morgan fingerprint density at radius 2 is 1.88 bits per heavy atom. The van der Waals surface area contributed by atoms with Gasteiger partial charge in [0, 0.05) is 0 Å². The fourth-order valence-corrected chi connectivity index (χ4v) is 1.18. The lowest BCUT2D eigenvalue weighted by molar-refractivity contribution is -0.153.